The van der Waals surface area contributed by atoms with Crippen LogP contribution in [0.15, 0.2) is 42.6 Å². The number of nitrogen functional groups attached to an aromatic ring is 1. The minimum absolute atomic E-state index is 0.0462. The van der Waals surface area contributed by atoms with E-state index in [9.17, 15) is 0 Å². The first-order valence-electron chi connectivity index (χ1n) is 8.73. The summed E-state index contributed by atoms with van der Waals surface area (Å²) < 4.78 is 17.0. The van der Waals surface area contributed by atoms with Gasteiger partial charge in [0.1, 0.15) is 0 Å². The zero-order chi connectivity index (χ0) is 17.9. The van der Waals surface area contributed by atoms with Crippen LogP contribution >= 0.6 is 0 Å². The molecule has 1 heterocycles. The Bertz CT molecular complexity index is 620. The summed E-state index contributed by atoms with van der Waals surface area (Å²) >= 11 is 0. The van der Waals surface area contributed by atoms with E-state index < -0.39 is 0 Å². The molecule has 2 N–H and O–H groups in total. The van der Waals surface area contributed by atoms with Crippen LogP contribution in [0.25, 0.3) is 0 Å². The molecule has 5 heteroatoms. The van der Waals surface area contributed by atoms with Crippen molar-refractivity contribution in [2.45, 2.75) is 39.4 Å². The third-order valence-electron chi connectivity index (χ3n) is 3.81. The number of benzene rings is 1. The third-order valence-corrected chi connectivity index (χ3v) is 3.81. The number of rotatable bonds is 11. The molecule has 0 radical (unpaired) electrons. The maximum Gasteiger partial charge on any atom is 0.213 e. The Morgan fingerprint density at radius 3 is 2.60 bits per heavy atom. The van der Waals surface area contributed by atoms with E-state index in [0.717, 1.165) is 18.4 Å². The Labute approximate surface area is 150 Å². The van der Waals surface area contributed by atoms with E-state index in [1.54, 1.807) is 6.20 Å². The molecule has 136 valence electrons. The summed E-state index contributed by atoms with van der Waals surface area (Å²) in [7, 11) is 0. The van der Waals surface area contributed by atoms with Crippen LogP contribution < -0.4 is 10.5 Å². The molecule has 0 saturated heterocycles. The van der Waals surface area contributed by atoms with Gasteiger partial charge in [0, 0.05) is 25.7 Å². The van der Waals surface area contributed by atoms with E-state index in [4.69, 9.17) is 19.9 Å². The second-order valence-electron chi connectivity index (χ2n) is 6.10. The van der Waals surface area contributed by atoms with Crippen molar-refractivity contribution in [3.8, 4) is 5.88 Å². The van der Waals surface area contributed by atoms with Crippen molar-refractivity contribution < 1.29 is 14.2 Å². The molecule has 5 nitrogen and oxygen atoms in total. The molecular formula is C20H28N2O3. The van der Waals surface area contributed by atoms with Crippen LogP contribution in [0.2, 0.25) is 0 Å². The van der Waals surface area contributed by atoms with Crippen molar-refractivity contribution >= 4 is 5.69 Å². The van der Waals surface area contributed by atoms with Crippen molar-refractivity contribution in [1.82, 2.24) is 4.98 Å². The van der Waals surface area contributed by atoms with Gasteiger partial charge >= 0.3 is 0 Å². The Morgan fingerprint density at radius 2 is 1.84 bits per heavy atom. The molecule has 2 aromatic rings. The first-order valence-corrected chi connectivity index (χ1v) is 8.73. The molecule has 1 aromatic carbocycles. The number of nitrogens with zero attached hydrogens (tertiary/aromatic N) is 1. The van der Waals surface area contributed by atoms with E-state index in [1.807, 2.05) is 38.1 Å². The first kappa shape index (κ1) is 19.2. The molecule has 2 rings (SSSR count). The second-order valence-corrected chi connectivity index (χ2v) is 6.10. The van der Waals surface area contributed by atoms with Crippen LogP contribution in [0.5, 0.6) is 5.88 Å². The fourth-order valence-corrected chi connectivity index (χ4v) is 2.25. The summed E-state index contributed by atoms with van der Waals surface area (Å²) in [5, 5.41) is 0. The van der Waals surface area contributed by atoms with Gasteiger partial charge in [-0.05, 0) is 31.4 Å². The number of aryl methyl sites for hydroxylation is 1. The molecule has 0 aliphatic carbocycles. The van der Waals surface area contributed by atoms with Crippen LogP contribution in [0.1, 0.15) is 30.9 Å². The fourth-order valence-electron chi connectivity index (χ4n) is 2.25. The maximum absolute atomic E-state index is 5.77. The first-order chi connectivity index (χ1) is 12.1. The van der Waals surface area contributed by atoms with Crippen molar-refractivity contribution in [2.24, 2.45) is 0 Å². The standard InChI is InChI=1S/C20H28N2O3/c1-16-13-20(22-14-19(16)21)25-17(2)9-12-23-10-6-11-24-15-18-7-4-3-5-8-18/h3-5,7-8,13-14,17H,6,9-12,15,21H2,1-2H3/t17-/m1/s1. The number of aromatic nitrogens is 1. The van der Waals surface area contributed by atoms with Crippen LogP contribution in [0.3, 0.4) is 0 Å². The molecule has 0 saturated carbocycles. The van der Waals surface area contributed by atoms with E-state index in [-0.39, 0.29) is 6.10 Å². The topological polar surface area (TPSA) is 66.6 Å². The van der Waals surface area contributed by atoms with Crippen molar-refractivity contribution in [2.75, 3.05) is 25.6 Å². The fraction of sp³-hybridized carbons (Fsp3) is 0.450. The summed E-state index contributed by atoms with van der Waals surface area (Å²) in [5.41, 5.74) is 8.60. The highest BCUT2D eigenvalue weighted by Gasteiger charge is 2.06. The molecule has 0 spiro atoms. The Morgan fingerprint density at radius 1 is 1.08 bits per heavy atom. The summed E-state index contributed by atoms with van der Waals surface area (Å²) in [6.45, 7) is 6.67. The van der Waals surface area contributed by atoms with Gasteiger partial charge in [-0.3, -0.25) is 0 Å². The van der Waals surface area contributed by atoms with Crippen LogP contribution in [0.4, 0.5) is 5.69 Å². The molecule has 1 atom stereocenters. The number of nitrogens with two attached hydrogens (primary N) is 1. The Balaban J connectivity index is 1.49. The van der Waals surface area contributed by atoms with Crippen LogP contribution in [0, 0.1) is 6.92 Å². The lowest BCUT2D eigenvalue weighted by molar-refractivity contribution is 0.0631. The monoisotopic (exact) mass is 344 g/mol. The predicted molar refractivity (Wildman–Crippen MR) is 99.6 cm³/mol. The minimum atomic E-state index is 0.0462. The SMILES string of the molecule is Cc1cc(O[C@H](C)CCOCCCOCc2ccccc2)ncc1N. The number of anilines is 1. The zero-order valence-corrected chi connectivity index (χ0v) is 15.1. The Hall–Kier alpha value is -2.11. The summed E-state index contributed by atoms with van der Waals surface area (Å²) in [4.78, 5) is 4.18. The van der Waals surface area contributed by atoms with Gasteiger partial charge in [-0.25, -0.2) is 4.98 Å². The van der Waals surface area contributed by atoms with E-state index >= 15 is 0 Å². The van der Waals surface area contributed by atoms with Crippen LogP contribution in [-0.4, -0.2) is 30.9 Å². The zero-order valence-electron chi connectivity index (χ0n) is 15.1. The molecule has 1 aromatic heterocycles. The van der Waals surface area contributed by atoms with Crippen molar-refractivity contribution in [3.05, 3.63) is 53.7 Å². The van der Waals surface area contributed by atoms with Gasteiger partial charge in [0.25, 0.3) is 0 Å². The minimum Gasteiger partial charge on any atom is -0.475 e. The van der Waals surface area contributed by atoms with Crippen molar-refractivity contribution in [1.29, 1.82) is 0 Å². The summed E-state index contributed by atoms with van der Waals surface area (Å²) in [6.07, 6.45) is 3.38. The van der Waals surface area contributed by atoms with Crippen LogP contribution in [-0.2, 0) is 16.1 Å². The van der Waals surface area contributed by atoms with E-state index in [0.29, 0.717) is 38.0 Å². The van der Waals surface area contributed by atoms with Gasteiger partial charge in [-0.15, -0.1) is 0 Å². The highest BCUT2D eigenvalue weighted by molar-refractivity contribution is 5.45. The number of hydrogen-bond acceptors (Lipinski definition) is 5. The predicted octanol–water partition coefficient (Wildman–Crippen LogP) is 3.75. The number of pyridine rings is 1. The molecule has 0 bridgehead atoms. The third kappa shape index (κ3) is 7.54. The molecular weight excluding hydrogens is 316 g/mol. The average Bonchev–Trinajstić information content (AvgIpc) is 2.61. The quantitative estimate of drug-likeness (QED) is 0.629. The number of hydrogen-bond donors (Lipinski definition) is 1. The van der Waals surface area contributed by atoms with Gasteiger partial charge in [0.05, 0.1) is 31.2 Å². The molecule has 25 heavy (non-hydrogen) atoms. The number of ether oxygens (including phenoxy) is 3. The lowest BCUT2D eigenvalue weighted by Gasteiger charge is -2.14. The highest BCUT2D eigenvalue weighted by atomic mass is 16.5. The second kappa shape index (κ2) is 10.7. The van der Waals surface area contributed by atoms with Gasteiger partial charge in [-0.2, -0.15) is 0 Å². The molecule has 0 fully saturated rings. The van der Waals surface area contributed by atoms with Gasteiger partial charge in [0.15, 0.2) is 0 Å². The molecule has 0 aliphatic rings. The lowest BCUT2D eigenvalue weighted by Crippen LogP contribution is -2.16. The molecule has 0 aliphatic heterocycles. The smallest absolute Gasteiger partial charge is 0.213 e. The summed E-state index contributed by atoms with van der Waals surface area (Å²) in [5.74, 6) is 0.605. The maximum atomic E-state index is 5.77. The highest BCUT2D eigenvalue weighted by Crippen LogP contribution is 2.16. The lowest BCUT2D eigenvalue weighted by atomic mass is 10.2. The molecule has 0 amide bonds. The van der Waals surface area contributed by atoms with Gasteiger partial charge < -0.3 is 19.9 Å². The largest absolute Gasteiger partial charge is 0.475 e. The normalized spacial score (nSPS) is 12.1. The van der Waals surface area contributed by atoms with Gasteiger partial charge in [-0.1, -0.05) is 30.3 Å². The Kier molecular flexibility index (Phi) is 8.22. The summed E-state index contributed by atoms with van der Waals surface area (Å²) in [6, 6.07) is 12.0. The van der Waals surface area contributed by atoms with E-state index in [2.05, 4.69) is 17.1 Å². The van der Waals surface area contributed by atoms with Gasteiger partial charge in [0.2, 0.25) is 5.88 Å². The van der Waals surface area contributed by atoms with Crippen molar-refractivity contribution in [3.63, 3.8) is 0 Å². The van der Waals surface area contributed by atoms with E-state index in [1.165, 1.54) is 5.56 Å². The molecule has 0 unspecified atom stereocenters. The average molecular weight is 344 g/mol.